The minimum absolute atomic E-state index is 0.178. The smallest absolute Gasteiger partial charge is 0.270 e. The number of carbonyl (C=O) groups excluding carboxylic acids is 1. The summed E-state index contributed by atoms with van der Waals surface area (Å²) < 4.78 is 0. The van der Waals surface area contributed by atoms with E-state index in [1.807, 2.05) is 0 Å². The summed E-state index contributed by atoms with van der Waals surface area (Å²) in [6.45, 7) is 4.52. The van der Waals surface area contributed by atoms with Crippen LogP contribution >= 0.6 is 0 Å². The van der Waals surface area contributed by atoms with Crippen LogP contribution in [0.25, 0.3) is 0 Å². The lowest BCUT2D eigenvalue weighted by Gasteiger charge is -2.35. The lowest BCUT2D eigenvalue weighted by atomic mass is 10.0. The fraction of sp³-hybridized carbons (Fsp3) is 0.538. The van der Waals surface area contributed by atoms with E-state index in [1.54, 1.807) is 24.4 Å². The van der Waals surface area contributed by atoms with E-state index in [9.17, 15) is 9.90 Å². The van der Waals surface area contributed by atoms with Gasteiger partial charge in [-0.3, -0.25) is 9.78 Å². The molecule has 5 nitrogen and oxygen atoms in total. The molecule has 0 radical (unpaired) electrons. The molecule has 0 spiro atoms. The number of nitrogens with zero attached hydrogens (tertiary/aromatic N) is 2. The molecule has 2 N–H and O–H groups in total. The zero-order chi connectivity index (χ0) is 13.0. The number of amides is 1. The van der Waals surface area contributed by atoms with E-state index >= 15 is 0 Å². The van der Waals surface area contributed by atoms with Gasteiger partial charge in [-0.2, -0.15) is 0 Å². The van der Waals surface area contributed by atoms with Crippen LogP contribution in [0.4, 0.5) is 0 Å². The summed E-state index contributed by atoms with van der Waals surface area (Å²) in [4.78, 5) is 18.1. The number of carbonyl (C=O) groups is 1. The Labute approximate surface area is 107 Å². The summed E-state index contributed by atoms with van der Waals surface area (Å²) in [7, 11) is 0. The number of aliphatic hydroxyl groups is 1. The van der Waals surface area contributed by atoms with Crippen LogP contribution in [0.1, 0.15) is 23.8 Å². The monoisotopic (exact) mass is 249 g/mol. The molecule has 1 aromatic rings. The van der Waals surface area contributed by atoms with Crippen LogP contribution in [0.15, 0.2) is 24.4 Å². The second-order valence-electron chi connectivity index (χ2n) is 4.54. The normalized spacial score (nSPS) is 24.8. The Bertz CT molecular complexity index is 396. The molecule has 18 heavy (non-hydrogen) atoms. The summed E-state index contributed by atoms with van der Waals surface area (Å²) in [6.07, 6.45) is 1.85. The fourth-order valence-corrected chi connectivity index (χ4v) is 2.19. The molecule has 0 aliphatic carbocycles. The molecule has 2 atom stereocenters. The standard InChI is InChI=1S/C13H19N3O2/c1-2-16-8-6-10(12(17)9-16)15-13(18)11-5-3-4-7-14-11/h3-5,7,10,12,17H,2,6,8-9H2,1H3,(H,15,18). The quantitative estimate of drug-likeness (QED) is 0.807. The van der Waals surface area contributed by atoms with Crippen LogP contribution in [-0.4, -0.2) is 52.7 Å². The topological polar surface area (TPSA) is 65.5 Å². The molecule has 1 aromatic heterocycles. The van der Waals surface area contributed by atoms with Gasteiger partial charge in [0.05, 0.1) is 12.1 Å². The van der Waals surface area contributed by atoms with Gasteiger partial charge in [0.15, 0.2) is 0 Å². The SMILES string of the molecule is CCN1CCC(NC(=O)c2ccccn2)C(O)C1. The van der Waals surface area contributed by atoms with Gasteiger partial charge in [0.1, 0.15) is 5.69 Å². The van der Waals surface area contributed by atoms with Gasteiger partial charge >= 0.3 is 0 Å². The summed E-state index contributed by atoms with van der Waals surface area (Å²) in [5.41, 5.74) is 0.391. The highest BCUT2D eigenvalue weighted by Crippen LogP contribution is 2.11. The van der Waals surface area contributed by atoms with Crippen LogP contribution in [0.3, 0.4) is 0 Å². The van der Waals surface area contributed by atoms with Crippen molar-refractivity contribution in [1.82, 2.24) is 15.2 Å². The molecule has 2 unspecified atom stereocenters. The van der Waals surface area contributed by atoms with Crippen LogP contribution in [0.2, 0.25) is 0 Å². The van der Waals surface area contributed by atoms with Gasteiger partial charge in [0.25, 0.3) is 5.91 Å². The number of likely N-dealkylation sites (N-methyl/N-ethyl adjacent to an activating group) is 1. The summed E-state index contributed by atoms with van der Waals surface area (Å²) in [5, 5.41) is 12.8. The highest BCUT2D eigenvalue weighted by molar-refractivity contribution is 5.92. The highest BCUT2D eigenvalue weighted by Gasteiger charge is 2.28. The minimum atomic E-state index is -0.508. The van der Waals surface area contributed by atoms with E-state index < -0.39 is 6.10 Å². The van der Waals surface area contributed by atoms with Gasteiger partial charge in [0, 0.05) is 19.3 Å². The van der Waals surface area contributed by atoms with Crippen molar-refractivity contribution in [3.63, 3.8) is 0 Å². The second-order valence-corrected chi connectivity index (χ2v) is 4.54. The average Bonchev–Trinajstić information content (AvgIpc) is 2.42. The van der Waals surface area contributed by atoms with Gasteiger partial charge < -0.3 is 15.3 Å². The first kappa shape index (κ1) is 13.0. The maximum atomic E-state index is 11.9. The molecule has 1 aliphatic heterocycles. The molecular weight excluding hydrogens is 230 g/mol. The Balaban J connectivity index is 1.92. The number of piperidine rings is 1. The predicted molar refractivity (Wildman–Crippen MR) is 68.2 cm³/mol. The molecule has 98 valence electrons. The van der Waals surface area contributed by atoms with E-state index in [0.717, 1.165) is 19.5 Å². The van der Waals surface area contributed by atoms with E-state index in [0.29, 0.717) is 12.2 Å². The molecule has 0 aromatic carbocycles. The van der Waals surface area contributed by atoms with Crippen molar-refractivity contribution in [3.05, 3.63) is 30.1 Å². The lowest BCUT2D eigenvalue weighted by molar-refractivity contribution is 0.0398. The molecular formula is C13H19N3O2. The third-order valence-electron chi connectivity index (χ3n) is 3.33. The molecule has 2 heterocycles. The Morgan fingerprint density at radius 3 is 3.06 bits per heavy atom. The Morgan fingerprint density at radius 2 is 2.44 bits per heavy atom. The first-order valence-electron chi connectivity index (χ1n) is 6.33. The van der Waals surface area contributed by atoms with E-state index in [1.165, 1.54) is 0 Å². The van der Waals surface area contributed by atoms with Crippen molar-refractivity contribution < 1.29 is 9.90 Å². The third-order valence-corrected chi connectivity index (χ3v) is 3.33. The molecule has 5 heteroatoms. The predicted octanol–water partition coefficient (Wildman–Crippen LogP) is 0.266. The highest BCUT2D eigenvalue weighted by atomic mass is 16.3. The largest absolute Gasteiger partial charge is 0.390 e. The average molecular weight is 249 g/mol. The first-order valence-corrected chi connectivity index (χ1v) is 6.33. The van der Waals surface area contributed by atoms with Gasteiger partial charge in [-0.25, -0.2) is 0 Å². The number of rotatable bonds is 3. The van der Waals surface area contributed by atoms with Gasteiger partial charge in [-0.15, -0.1) is 0 Å². The molecule has 0 bridgehead atoms. The number of hydrogen-bond donors (Lipinski definition) is 2. The number of aliphatic hydroxyl groups excluding tert-OH is 1. The number of nitrogens with one attached hydrogen (secondary N) is 1. The Morgan fingerprint density at radius 1 is 1.61 bits per heavy atom. The van der Waals surface area contributed by atoms with Crippen LogP contribution in [0.5, 0.6) is 0 Å². The summed E-state index contributed by atoms with van der Waals surface area (Å²) >= 11 is 0. The van der Waals surface area contributed by atoms with Crippen LogP contribution in [0, 0.1) is 0 Å². The van der Waals surface area contributed by atoms with Crippen molar-refractivity contribution in [3.8, 4) is 0 Å². The summed E-state index contributed by atoms with van der Waals surface area (Å²) in [5.74, 6) is -0.218. The Hall–Kier alpha value is -1.46. The lowest BCUT2D eigenvalue weighted by Crippen LogP contribution is -2.54. The second kappa shape index (κ2) is 5.93. The molecule has 1 aliphatic rings. The number of pyridine rings is 1. The van der Waals surface area contributed by atoms with Crippen molar-refractivity contribution in [1.29, 1.82) is 0 Å². The van der Waals surface area contributed by atoms with Crippen LogP contribution < -0.4 is 5.32 Å². The van der Waals surface area contributed by atoms with E-state index in [4.69, 9.17) is 0 Å². The number of β-amino-alcohol motifs (C(OH)–C–C–N with tert-alkyl or cyclic N) is 1. The maximum Gasteiger partial charge on any atom is 0.270 e. The number of hydrogen-bond acceptors (Lipinski definition) is 4. The third kappa shape index (κ3) is 3.05. The molecule has 1 amide bonds. The van der Waals surface area contributed by atoms with Crippen molar-refractivity contribution in [2.75, 3.05) is 19.6 Å². The zero-order valence-corrected chi connectivity index (χ0v) is 10.5. The fourth-order valence-electron chi connectivity index (χ4n) is 2.19. The number of likely N-dealkylation sites (tertiary alicyclic amines) is 1. The minimum Gasteiger partial charge on any atom is -0.390 e. The zero-order valence-electron chi connectivity index (χ0n) is 10.5. The molecule has 2 rings (SSSR count). The van der Waals surface area contributed by atoms with Crippen LogP contribution in [-0.2, 0) is 0 Å². The maximum absolute atomic E-state index is 11.9. The van der Waals surface area contributed by atoms with Gasteiger partial charge in [-0.05, 0) is 25.1 Å². The molecule has 1 fully saturated rings. The van der Waals surface area contributed by atoms with Gasteiger partial charge in [0.2, 0.25) is 0 Å². The molecule has 0 saturated carbocycles. The van der Waals surface area contributed by atoms with Gasteiger partial charge in [-0.1, -0.05) is 13.0 Å². The summed E-state index contributed by atoms with van der Waals surface area (Å²) in [6, 6.07) is 5.04. The van der Waals surface area contributed by atoms with E-state index in [-0.39, 0.29) is 11.9 Å². The Kier molecular flexibility index (Phi) is 4.28. The van der Waals surface area contributed by atoms with Crippen molar-refractivity contribution in [2.45, 2.75) is 25.5 Å². The number of aromatic nitrogens is 1. The van der Waals surface area contributed by atoms with Crippen molar-refractivity contribution in [2.24, 2.45) is 0 Å². The van der Waals surface area contributed by atoms with E-state index in [2.05, 4.69) is 22.1 Å². The molecule has 1 saturated heterocycles. The van der Waals surface area contributed by atoms with Crippen molar-refractivity contribution >= 4 is 5.91 Å². The first-order chi connectivity index (χ1) is 8.70.